The Kier molecular flexibility index (Phi) is 6.65. The lowest BCUT2D eigenvalue weighted by molar-refractivity contribution is -0.138. The molecule has 9 nitrogen and oxygen atoms in total. The molecule has 1 amide bonds. The van der Waals surface area contributed by atoms with Crippen LogP contribution in [0, 0.1) is 6.92 Å². The summed E-state index contributed by atoms with van der Waals surface area (Å²) in [5, 5.41) is 8.31. The van der Waals surface area contributed by atoms with Crippen LogP contribution in [-0.2, 0) is 17.5 Å². The molecule has 1 fully saturated rings. The summed E-state index contributed by atoms with van der Waals surface area (Å²) in [4.78, 5) is 35.9. The molecule has 0 atom stereocenters. The fourth-order valence-electron chi connectivity index (χ4n) is 3.02. The Morgan fingerprint density at radius 2 is 1.87 bits per heavy atom. The Bertz CT molecular complexity index is 923. The SMILES string of the molecule is Cc1cnc(N2CCN(C(=O)CCNCc3cc(C(F)(F)F)c(=O)[nH]n3)CC2)nc1. The summed E-state index contributed by atoms with van der Waals surface area (Å²) in [6.45, 7) is 4.55. The summed E-state index contributed by atoms with van der Waals surface area (Å²) in [6, 6.07) is 0.708. The summed E-state index contributed by atoms with van der Waals surface area (Å²) in [5.41, 5.74) is -1.55. The minimum atomic E-state index is -4.74. The molecule has 3 rings (SSSR count). The molecule has 2 aromatic heterocycles. The first kappa shape index (κ1) is 21.7. The summed E-state index contributed by atoms with van der Waals surface area (Å²) in [5.74, 6) is 0.596. The Morgan fingerprint density at radius 3 is 2.50 bits per heavy atom. The van der Waals surface area contributed by atoms with E-state index in [9.17, 15) is 22.8 Å². The van der Waals surface area contributed by atoms with E-state index in [1.54, 1.807) is 17.3 Å². The maximum atomic E-state index is 12.8. The largest absolute Gasteiger partial charge is 0.421 e. The zero-order valence-electron chi connectivity index (χ0n) is 16.4. The van der Waals surface area contributed by atoms with Crippen LogP contribution in [-0.4, -0.2) is 63.7 Å². The van der Waals surface area contributed by atoms with Gasteiger partial charge in [0.2, 0.25) is 11.9 Å². The molecule has 162 valence electrons. The van der Waals surface area contributed by atoms with Crippen LogP contribution in [0.1, 0.15) is 23.2 Å². The topological polar surface area (TPSA) is 107 Å². The Morgan fingerprint density at radius 1 is 1.20 bits per heavy atom. The van der Waals surface area contributed by atoms with Gasteiger partial charge in [-0.3, -0.25) is 9.59 Å². The highest BCUT2D eigenvalue weighted by atomic mass is 19.4. The van der Waals surface area contributed by atoms with Crippen molar-refractivity contribution in [2.75, 3.05) is 37.6 Å². The minimum Gasteiger partial charge on any atom is -0.339 e. The quantitative estimate of drug-likeness (QED) is 0.657. The molecule has 1 aliphatic rings. The zero-order valence-corrected chi connectivity index (χ0v) is 16.4. The summed E-state index contributed by atoms with van der Waals surface area (Å²) in [7, 11) is 0. The van der Waals surface area contributed by atoms with Crippen molar-refractivity contribution in [3.8, 4) is 0 Å². The summed E-state index contributed by atoms with van der Waals surface area (Å²) >= 11 is 0. The number of hydrogen-bond acceptors (Lipinski definition) is 7. The van der Waals surface area contributed by atoms with Gasteiger partial charge in [-0.05, 0) is 18.6 Å². The normalized spacial score (nSPS) is 14.8. The second-order valence-corrected chi connectivity index (χ2v) is 6.95. The first-order chi connectivity index (χ1) is 14.2. The highest BCUT2D eigenvalue weighted by Gasteiger charge is 2.34. The van der Waals surface area contributed by atoms with Crippen LogP contribution >= 0.6 is 0 Å². The van der Waals surface area contributed by atoms with E-state index in [1.807, 2.05) is 16.9 Å². The van der Waals surface area contributed by atoms with Crippen molar-refractivity contribution >= 4 is 11.9 Å². The first-order valence-electron chi connectivity index (χ1n) is 9.42. The van der Waals surface area contributed by atoms with Gasteiger partial charge in [0.1, 0.15) is 5.56 Å². The van der Waals surface area contributed by atoms with Crippen molar-refractivity contribution in [2.45, 2.75) is 26.1 Å². The molecule has 0 aromatic carbocycles. The lowest BCUT2D eigenvalue weighted by Gasteiger charge is -2.34. The number of halogens is 3. The number of nitrogens with one attached hydrogen (secondary N) is 2. The smallest absolute Gasteiger partial charge is 0.339 e. The summed E-state index contributed by atoms with van der Waals surface area (Å²) in [6.07, 6.45) is -1.04. The number of carbonyl (C=O) groups excluding carboxylic acids is 1. The predicted molar refractivity (Wildman–Crippen MR) is 102 cm³/mol. The van der Waals surface area contributed by atoms with Crippen LogP contribution in [0.3, 0.4) is 0 Å². The fraction of sp³-hybridized carbons (Fsp3) is 0.500. The molecule has 0 unspecified atom stereocenters. The Balaban J connectivity index is 1.41. The van der Waals surface area contributed by atoms with Gasteiger partial charge in [0, 0.05) is 58.1 Å². The number of piperazine rings is 1. The van der Waals surface area contributed by atoms with E-state index >= 15 is 0 Å². The molecule has 12 heteroatoms. The van der Waals surface area contributed by atoms with Gasteiger partial charge < -0.3 is 15.1 Å². The van der Waals surface area contributed by atoms with Crippen LogP contribution in [0.25, 0.3) is 0 Å². The van der Waals surface area contributed by atoms with Crippen LogP contribution in [0.2, 0.25) is 0 Å². The molecule has 0 bridgehead atoms. The van der Waals surface area contributed by atoms with Crippen molar-refractivity contribution in [1.29, 1.82) is 0 Å². The lowest BCUT2D eigenvalue weighted by atomic mass is 10.2. The number of carbonyl (C=O) groups is 1. The summed E-state index contributed by atoms with van der Waals surface area (Å²) < 4.78 is 38.3. The zero-order chi connectivity index (χ0) is 21.7. The molecule has 1 aliphatic heterocycles. The standard InChI is InChI=1S/C18H22F3N7O2/c1-12-9-23-17(24-10-12)28-6-4-27(5-7-28)15(29)2-3-22-11-13-8-14(18(19,20)21)16(30)26-25-13/h8-10,22H,2-7,11H2,1H3,(H,26,30). The van der Waals surface area contributed by atoms with E-state index in [0.717, 1.165) is 5.56 Å². The van der Waals surface area contributed by atoms with Gasteiger partial charge in [0.05, 0.1) is 5.69 Å². The number of amides is 1. The van der Waals surface area contributed by atoms with Gasteiger partial charge in [-0.2, -0.15) is 18.3 Å². The molecule has 0 aliphatic carbocycles. The number of alkyl halides is 3. The lowest BCUT2D eigenvalue weighted by Crippen LogP contribution is -2.49. The number of rotatable bonds is 6. The molecular weight excluding hydrogens is 403 g/mol. The number of aryl methyl sites for hydroxylation is 1. The number of aromatic amines is 1. The van der Waals surface area contributed by atoms with Crippen molar-refractivity contribution in [2.24, 2.45) is 0 Å². The van der Waals surface area contributed by atoms with Gasteiger partial charge >= 0.3 is 6.18 Å². The number of H-pyrrole nitrogens is 1. The third-order valence-corrected chi connectivity index (χ3v) is 4.67. The fourth-order valence-corrected chi connectivity index (χ4v) is 3.02. The van der Waals surface area contributed by atoms with Crippen molar-refractivity contribution < 1.29 is 18.0 Å². The minimum absolute atomic E-state index is 0.00564. The maximum absolute atomic E-state index is 12.8. The van der Waals surface area contributed by atoms with E-state index in [4.69, 9.17) is 0 Å². The van der Waals surface area contributed by atoms with E-state index < -0.39 is 17.3 Å². The molecular formula is C18H22F3N7O2. The predicted octanol–water partition coefficient (Wildman–Crippen LogP) is 0.716. The van der Waals surface area contributed by atoms with Gasteiger partial charge in [0.25, 0.3) is 5.56 Å². The van der Waals surface area contributed by atoms with E-state index in [-0.39, 0.29) is 31.1 Å². The average molecular weight is 425 g/mol. The second-order valence-electron chi connectivity index (χ2n) is 6.95. The molecule has 3 heterocycles. The van der Waals surface area contributed by atoms with Crippen LogP contribution < -0.4 is 15.8 Å². The average Bonchev–Trinajstić information content (AvgIpc) is 2.72. The van der Waals surface area contributed by atoms with Crippen molar-refractivity contribution in [1.82, 2.24) is 30.4 Å². The Labute approximate surface area is 170 Å². The highest BCUT2D eigenvalue weighted by molar-refractivity contribution is 5.76. The molecule has 30 heavy (non-hydrogen) atoms. The van der Waals surface area contributed by atoms with Crippen LogP contribution in [0.15, 0.2) is 23.3 Å². The monoisotopic (exact) mass is 425 g/mol. The second kappa shape index (κ2) is 9.20. The maximum Gasteiger partial charge on any atom is 0.421 e. The third kappa shape index (κ3) is 5.53. The van der Waals surface area contributed by atoms with E-state index in [1.165, 1.54) is 0 Å². The Hall–Kier alpha value is -3.02. The molecule has 2 N–H and O–H groups in total. The van der Waals surface area contributed by atoms with Gasteiger partial charge in [-0.1, -0.05) is 0 Å². The van der Waals surface area contributed by atoms with Crippen LogP contribution in [0.5, 0.6) is 0 Å². The number of hydrogen-bond donors (Lipinski definition) is 2. The number of nitrogens with zero attached hydrogens (tertiary/aromatic N) is 5. The number of anilines is 1. The molecule has 0 radical (unpaired) electrons. The first-order valence-corrected chi connectivity index (χ1v) is 9.42. The van der Waals surface area contributed by atoms with Gasteiger partial charge in [-0.15, -0.1) is 0 Å². The molecule has 0 spiro atoms. The van der Waals surface area contributed by atoms with Gasteiger partial charge in [0.15, 0.2) is 0 Å². The van der Waals surface area contributed by atoms with E-state index in [0.29, 0.717) is 38.2 Å². The van der Waals surface area contributed by atoms with Crippen LogP contribution in [0.4, 0.5) is 19.1 Å². The third-order valence-electron chi connectivity index (χ3n) is 4.67. The molecule has 2 aromatic rings. The molecule has 1 saturated heterocycles. The molecule has 0 saturated carbocycles. The van der Waals surface area contributed by atoms with Crippen molar-refractivity contribution in [3.63, 3.8) is 0 Å². The van der Waals surface area contributed by atoms with Crippen molar-refractivity contribution in [3.05, 3.63) is 45.6 Å². The highest BCUT2D eigenvalue weighted by Crippen LogP contribution is 2.26. The number of aromatic nitrogens is 4. The van der Waals surface area contributed by atoms with E-state index in [2.05, 4.69) is 20.4 Å². The van der Waals surface area contributed by atoms with Gasteiger partial charge in [-0.25, -0.2) is 15.1 Å².